The zero-order valence-corrected chi connectivity index (χ0v) is 12.2. The minimum absolute atomic E-state index is 0.159. The molecule has 19 heavy (non-hydrogen) atoms. The fourth-order valence-electron chi connectivity index (χ4n) is 1.95. The Labute approximate surface area is 115 Å². The van der Waals surface area contributed by atoms with Crippen LogP contribution in [0.3, 0.4) is 0 Å². The molecule has 0 unspecified atom stereocenters. The molecule has 0 aliphatic heterocycles. The van der Waals surface area contributed by atoms with Gasteiger partial charge in [-0.1, -0.05) is 13.0 Å². The largest absolute Gasteiger partial charge is 0.380 e. The lowest BCUT2D eigenvalue weighted by atomic mass is 10.1. The lowest BCUT2D eigenvalue weighted by Crippen LogP contribution is -2.28. The van der Waals surface area contributed by atoms with Gasteiger partial charge in [0.2, 0.25) is 0 Å². The zero-order valence-electron chi connectivity index (χ0n) is 12.2. The van der Waals surface area contributed by atoms with Gasteiger partial charge in [-0.2, -0.15) is 0 Å². The molecule has 3 nitrogen and oxygen atoms in total. The predicted molar refractivity (Wildman–Crippen MR) is 78.2 cm³/mol. The zero-order chi connectivity index (χ0) is 14.1. The van der Waals surface area contributed by atoms with Crippen LogP contribution in [0.4, 0.5) is 10.1 Å². The molecule has 0 bridgehead atoms. The highest BCUT2D eigenvalue weighted by Crippen LogP contribution is 2.20. The summed E-state index contributed by atoms with van der Waals surface area (Å²) >= 11 is 0. The SMILES string of the molecule is CCNCc1ccc(N(CC)CCOCC)c(F)c1. The normalized spacial score (nSPS) is 10.7. The summed E-state index contributed by atoms with van der Waals surface area (Å²) in [4.78, 5) is 2.00. The maximum Gasteiger partial charge on any atom is 0.146 e. The molecule has 1 N–H and O–H groups in total. The molecule has 0 atom stereocenters. The molecule has 0 fully saturated rings. The minimum atomic E-state index is -0.159. The van der Waals surface area contributed by atoms with Crippen LogP contribution in [-0.2, 0) is 11.3 Å². The number of rotatable bonds is 9. The van der Waals surface area contributed by atoms with Crippen molar-refractivity contribution in [2.45, 2.75) is 27.3 Å². The molecule has 0 amide bonds. The maximum atomic E-state index is 14.1. The maximum absolute atomic E-state index is 14.1. The molecule has 1 aromatic carbocycles. The van der Waals surface area contributed by atoms with E-state index in [1.165, 1.54) is 0 Å². The first kappa shape index (κ1) is 15.9. The summed E-state index contributed by atoms with van der Waals surface area (Å²) in [7, 11) is 0. The summed E-state index contributed by atoms with van der Waals surface area (Å²) < 4.78 is 19.4. The Hall–Kier alpha value is -1.13. The van der Waals surface area contributed by atoms with Crippen molar-refractivity contribution in [3.63, 3.8) is 0 Å². The number of nitrogens with zero attached hydrogens (tertiary/aromatic N) is 1. The van der Waals surface area contributed by atoms with Gasteiger partial charge in [0.25, 0.3) is 0 Å². The summed E-state index contributed by atoms with van der Waals surface area (Å²) in [6.45, 7) is 10.4. The topological polar surface area (TPSA) is 24.5 Å². The number of hydrogen-bond acceptors (Lipinski definition) is 3. The fraction of sp³-hybridized carbons (Fsp3) is 0.600. The third-order valence-corrected chi connectivity index (χ3v) is 3.02. The van der Waals surface area contributed by atoms with Crippen molar-refractivity contribution in [1.29, 1.82) is 0 Å². The molecule has 0 radical (unpaired) electrons. The van der Waals surface area contributed by atoms with E-state index in [9.17, 15) is 4.39 Å². The van der Waals surface area contributed by atoms with Crippen molar-refractivity contribution in [2.75, 3.05) is 37.7 Å². The summed E-state index contributed by atoms with van der Waals surface area (Å²) in [6, 6.07) is 5.45. The van der Waals surface area contributed by atoms with Gasteiger partial charge in [0, 0.05) is 26.2 Å². The van der Waals surface area contributed by atoms with Gasteiger partial charge in [-0.15, -0.1) is 0 Å². The second-order valence-electron chi connectivity index (χ2n) is 4.34. The van der Waals surface area contributed by atoms with Crippen LogP contribution in [0.2, 0.25) is 0 Å². The third-order valence-electron chi connectivity index (χ3n) is 3.02. The first-order chi connectivity index (χ1) is 9.22. The molecule has 1 aromatic rings. The molecule has 0 saturated carbocycles. The van der Waals surface area contributed by atoms with E-state index in [0.717, 1.165) is 18.7 Å². The number of nitrogens with one attached hydrogen (secondary N) is 1. The van der Waals surface area contributed by atoms with E-state index in [4.69, 9.17) is 4.74 Å². The van der Waals surface area contributed by atoms with Crippen LogP contribution in [0, 0.1) is 5.82 Å². The predicted octanol–water partition coefficient (Wildman–Crippen LogP) is 2.80. The van der Waals surface area contributed by atoms with Crippen LogP contribution in [0.25, 0.3) is 0 Å². The number of halogens is 1. The summed E-state index contributed by atoms with van der Waals surface area (Å²) in [5.74, 6) is -0.159. The van der Waals surface area contributed by atoms with Crippen molar-refractivity contribution >= 4 is 5.69 Å². The van der Waals surface area contributed by atoms with Gasteiger partial charge in [0.15, 0.2) is 0 Å². The number of ether oxygens (including phenoxy) is 1. The third kappa shape index (κ3) is 5.17. The fourth-order valence-corrected chi connectivity index (χ4v) is 1.95. The highest BCUT2D eigenvalue weighted by molar-refractivity contribution is 5.49. The number of hydrogen-bond donors (Lipinski definition) is 1. The first-order valence-corrected chi connectivity index (χ1v) is 7.04. The van der Waals surface area contributed by atoms with Crippen molar-refractivity contribution in [3.8, 4) is 0 Å². The van der Waals surface area contributed by atoms with E-state index in [1.54, 1.807) is 6.07 Å². The van der Waals surface area contributed by atoms with E-state index >= 15 is 0 Å². The molecule has 0 aliphatic carbocycles. The minimum Gasteiger partial charge on any atom is -0.380 e. The first-order valence-electron chi connectivity index (χ1n) is 7.04. The Morgan fingerprint density at radius 2 is 2.05 bits per heavy atom. The van der Waals surface area contributed by atoms with Gasteiger partial charge in [0.1, 0.15) is 5.82 Å². The van der Waals surface area contributed by atoms with E-state index in [1.807, 2.05) is 37.8 Å². The molecular formula is C15H25FN2O. The van der Waals surface area contributed by atoms with Crippen LogP contribution in [-0.4, -0.2) is 32.8 Å². The van der Waals surface area contributed by atoms with Gasteiger partial charge < -0.3 is 15.0 Å². The van der Waals surface area contributed by atoms with Crippen molar-refractivity contribution in [2.24, 2.45) is 0 Å². The average Bonchev–Trinajstić information content (AvgIpc) is 2.42. The van der Waals surface area contributed by atoms with Crippen LogP contribution in [0.1, 0.15) is 26.3 Å². The van der Waals surface area contributed by atoms with E-state index in [0.29, 0.717) is 32.0 Å². The van der Waals surface area contributed by atoms with Crippen LogP contribution >= 0.6 is 0 Å². The molecule has 0 aliphatic rings. The van der Waals surface area contributed by atoms with Gasteiger partial charge in [-0.3, -0.25) is 0 Å². The molecule has 0 heterocycles. The van der Waals surface area contributed by atoms with Crippen molar-refractivity contribution < 1.29 is 9.13 Å². The van der Waals surface area contributed by atoms with E-state index in [-0.39, 0.29) is 5.82 Å². The Morgan fingerprint density at radius 3 is 2.63 bits per heavy atom. The molecule has 108 valence electrons. The summed E-state index contributed by atoms with van der Waals surface area (Å²) in [5.41, 5.74) is 1.63. The van der Waals surface area contributed by atoms with Crippen molar-refractivity contribution in [1.82, 2.24) is 5.32 Å². The van der Waals surface area contributed by atoms with Gasteiger partial charge >= 0.3 is 0 Å². The number of likely N-dealkylation sites (N-methyl/N-ethyl adjacent to an activating group) is 1. The number of benzene rings is 1. The molecule has 1 rings (SSSR count). The lowest BCUT2D eigenvalue weighted by Gasteiger charge is -2.23. The van der Waals surface area contributed by atoms with Gasteiger partial charge in [-0.05, 0) is 38.1 Å². The van der Waals surface area contributed by atoms with Gasteiger partial charge in [-0.25, -0.2) is 4.39 Å². The van der Waals surface area contributed by atoms with Crippen LogP contribution in [0.5, 0.6) is 0 Å². The van der Waals surface area contributed by atoms with Gasteiger partial charge in [0.05, 0.1) is 12.3 Å². The molecule has 0 spiro atoms. The van der Waals surface area contributed by atoms with E-state index in [2.05, 4.69) is 5.32 Å². The smallest absolute Gasteiger partial charge is 0.146 e. The second-order valence-corrected chi connectivity index (χ2v) is 4.34. The summed E-state index contributed by atoms with van der Waals surface area (Å²) in [5, 5.41) is 3.20. The Balaban J connectivity index is 2.69. The lowest BCUT2D eigenvalue weighted by molar-refractivity contribution is 0.154. The van der Waals surface area contributed by atoms with E-state index < -0.39 is 0 Å². The summed E-state index contributed by atoms with van der Waals surface area (Å²) in [6.07, 6.45) is 0. The Kier molecular flexibility index (Phi) is 7.45. The monoisotopic (exact) mass is 268 g/mol. The van der Waals surface area contributed by atoms with Crippen LogP contribution < -0.4 is 10.2 Å². The quantitative estimate of drug-likeness (QED) is 0.697. The van der Waals surface area contributed by atoms with Crippen LogP contribution in [0.15, 0.2) is 18.2 Å². The molecular weight excluding hydrogens is 243 g/mol. The standard InChI is InChI=1S/C15H25FN2O/c1-4-17-12-13-7-8-15(14(16)11-13)18(5-2)9-10-19-6-3/h7-8,11,17H,4-6,9-10,12H2,1-3H3. The average molecular weight is 268 g/mol. The highest BCUT2D eigenvalue weighted by atomic mass is 19.1. The Morgan fingerprint density at radius 1 is 1.26 bits per heavy atom. The molecule has 0 saturated heterocycles. The second kappa shape index (κ2) is 8.88. The van der Waals surface area contributed by atoms with Crippen molar-refractivity contribution in [3.05, 3.63) is 29.6 Å². The Bertz CT molecular complexity index is 371. The highest BCUT2D eigenvalue weighted by Gasteiger charge is 2.10. The molecule has 0 aromatic heterocycles. The number of anilines is 1. The molecule has 4 heteroatoms.